The van der Waals surface area contributed by atoms with Crippen molar-refractivity contribution in [1.29, 1.82) is 0 Å². The Kier molecular flexibility index (Phi) is 4.84. The molecule has 0 radical (unpaired) electrons. The first kappa shape index (κ1) is 16.5. The molecule has 4 heteroatoms. The summed E-state index contributed by atoms with van der Waals surface area (Å²) in [6.07, 6.45) is 3.91. The van der Waals surface area contributed by atoms with E-state index in [-0.39, 0.29) is 5.91 Å². The molecule has 1 aliphatic rings. The Balaban J connectivity index is 1.77. The number of benzene rings is 1. The quantitative estimate of drug-likeness (QED) is 0.868. The standard InChI is InChI=1S/C20H25N3O/c1-15-6-4-7-16(12-15)18-8-5-11-23(14-18)20(24)17-9-10-21-19(13-17)22(2)3/h4,6-7,9-10,12-13,18H,5,8,11,14H2,1-3H3. The number of carbonyl (C=O) groups excluding carboxylic acids is 1. The summed E-state index contributed by atoms with van der Waals surface area (Å²) in [6, 6.07) is 12.3. The van der Waals surface area contributed by atoms with Crippen LogP contribution in [0.1, 0.15) is 40.2 Å². The molecule has 1 aromatic carbocycles. The normalized spacial score (nSPS) is 17.6. The second-order valence-corrected chi connectivity index (χ2v) is 6.80. The molecule has 0 spiro atoms. The summed E-state index contributed by atoms with van der Waals surface area (Å²) in [5.74, 6) is 1.35. The fraction of sp³-hybridized carbons (Fsp3) is 0.400. The fourth-order valence-electron chi connectivity index (χ4n) is 3.34. The maximum atomic E-state index is 12.9. The Bertz CT molecular complexity index is 726. The smallest absolute Gasteiger partial charge is 0.254 e. The van der Waals surface area contributed by atoms with Crippen LogP contribution in [0.3, 0.4) is 0 Å². The number of nitrogens with zero attached hydrogens (tertiary/aromatic N) is 3. The van der Waals surface area contributed by atoms with Gasteiger partial charge in [-0.3, -0.25) is 4.79 Å². The van der Waals surface area contributed by atoms with Gasteiger partial charge in [-0.25, -0.2) is 4.98 Å². The highest BCUT2D eigenvalue weighted by atomic mass is 16.2. The van der Waals surface area contributed by atoms with Crippen molar-refractivity contribution < 1.29 is 4.79 Å². The molecule has 126 valence electrons. The lowest BCUT2D eigenvalue weighted by atomic mass is 9.89. The number of hydrogen-bond donors (Lipinski definition) is 0. The van der Waals surface area contributed by atoms with Crippen molar-refractivity contribution in [3.05, 3.63) is 59.3 Å². The number of likely N-dealkylation sites (tertiary alicyclic amines) is 1. The van der Waals surface area contributed by atoms with Gasteiger partial charge in [-0.2, -0.15) is 0 Å². The summed E-state index contributed by atoms with van der Waals surface area (Å²) in [5.41, 5.74) is 3.34. The molecule has 3 rings (SSSR count). The van der Waals surface area contributed by atoms with Crippen LogP contribution >= 0.6 is 0 Å². The van der Waals surface area contributed by atoms with Gasteiger partial charge in [0.15, 0.2) is 0 Å². The average molecular weight is 323 g/mol. The van der Waals surface area contributed by atoms with Crippen molar-refractivity contribution in [3.63, 3.8) is 0 Å². The molecule has 4 nitrogen and oxygen atoms in total. The van der Waals surface area contributed by atoms with Crippen LogP contribution in [0.5, 0.6) is 0 Å². The molecule has 1 aliphatic heterocycles. The van der Waals surface area contributed by atoms with Gasteiger partial charge in [0.2, 0.25) is 0 Å². The van der Waals surface area contributed by atoms with E-state index in [4.69, 9.17) is 0 Å². The van der Waals surface area contributed by atoms with E-state index in [0.717, 1.165) is 37.3 Å². The number of rotatable bonds is 3. The van der Waals surface area contributed by atoms with Gasteiger partial charge in [0.25, 0.3) is 5.91 Å². The predicted molar refractivity (Wildman–Crippen MR) is 97.6 cm³/mol. The lowest BCUT2D eigenvalue weighted by Crippen LogP contribution is -2.39. The molecule has 1 atom stereocenters. The van der Waals surface area contributed by atoms with Gasteiger partial charge in [-0.1, -0.05) is 29.8 Å². The Morgan fingerprint density at radius 3 is 2.83 bits per heavy atom. The second-order valence-electron chi connectivity index (χ2n) is 6.80. The fourth-order valence-corrected chi connectivity index (χ4v) is 3.34. The first-order chi connectivity index (χ1) is 11.5. The molecule has 1 fully saturated rings. The van der Waals surface area contributed by atoms with Crippen molar-refractivity contribution in [2.24, 2.45) is 0 Å². The highest BCUT2D eigenvalue weighted by Crippen LogP contribution is 2.28. The van der Waals surface area contributed by atoms with Gasteiger partial charge in [0.05, 0.1) is 0 Å². The topological polar surface area (TPSA) is 36.4 Å². The van der Waals surface area contributed by atoms with Crippen LogP contribution in [-0.2, 0) is 0 Å². The largest absolute Gasteiger partial charge is 0.363 e. The van der Waals surface area contributed by atoms with E-state index in [1.165, 1.54) is 11.1 Å². The average Bonchev–Trinajstić information content (AvgIpc) is 2.61. The summed E-state index contributed by atoms with van der Waals surface area (Å²) in [6.45, 7) is 3.75. The molecule has 1 aromatic heterocycles. The van der Waals surface area contributed by atoms with Crippen molar-refractivity contribution in [2.45, 2.75) is 25.7 Å². The molecule has 0 N–H and O–H groups in total. The monoisotopic (exact) mass is 323 g/mol. The zero-order valence-electron chi connectivity index (χ0n) is 14.7. The van der Waals surface area contributed by atoms with Crippen molar-refractivity contribution in [3.8, 4) is 0 Å². The number of pyridine rings is 1. The third-order valence-corrected chi connectivity index (χ3v) is 4.67. The lowest BCUT2D eigenvalue weighted by molar-refractivity contribution is 0.0707. The minimum Gasteiger partial charge on any atom is -0.363 e. The number of piperidine rings is 1. The van der Waals surface area contributed by atoms with Crippen LogP contribution in [0.4, 0.5) is 5.82 Å². The van der Waals surface area contributed by atoms with E-state index in [1.54, 1.807) is 6.20 Å². The van der Waals surface area contributed by atoms with Crippen LogP contribution in [0, 0.1) is 6.92 Å². The highest BCUT2D eigenvalue weighted by Gasteiger charge is 2.25. The van der Waals surface area contributed by atoms with Gasteiger partial charge in [0, 0.05) is 44.9 Å². The molecule has 24 heavy (non-hydrogen) atoms. The number of aromatic nitrogens is 1. The van der Waals surface area contributed by atoms with Crippen molar-refractivity contribution >= 4 is 11.7 Å². The number of anilines is 1. The van der Waals surface area contributed by atoms with Crippen molar-refractivity contribution in [2.75, 3.05) is 32.1 Å². The first-order valence-corrected chi connectivity index (χ1v) is 8.54. The zero-order chi connectivity index (χ0) is 17.1. The molecule has 1 unspecified atom stereocenters. The Morgan fingerprint density at radius 2 is 2.08 bits per heavy atom. The van der Waals surface area contributed by atoms with E-state index in [0.29, 0.717) is 5.92 Å². The number of amides is 1. The summed E-state index contributed by atoms with van der Waals surface area (Å²) < 4.78 is 0. The molecule has 2 heterocycles. The maximum Gasteiger partial charge on any atom is 0.254 e. The summed E-state index contributed by atoms with van der Waals surface area (Å²) >= 11 is 0. The van der Waals surface area contributed by atoms with Gasteiger partial charge in [-0.05, 0) is 37.5 Å². The zero-order valence-corrected chi connectivity index (χ0v) is 14.7. The van der Waals surface area contributed by atoms with Crippen LogP contribution in [0.25, 0.3) is 0 Å². The Labute approximate surface area is 144 Å². The highest BCUT2D eigenvalue weighted by molar-refractivity contribution is 5.95. The molecular weight excluding hydrogens is 298 g/mol. The lowest BCUT2D eigenvalue weighted by Gasteiger charge is -2.33. The summed E-state index contributed by atoms with van der Waals surface area (Å²) in [4.78, 5) is 21.1. The van der Waals surface area contributed by atoms with Crippen LogP contribution in [-0.4, -0.2) is 43.0 Å². The van der Waals surface area contributed by atoms with Gasteiger partial charge in [0.1, 0.15) is 5.82 Å². The minimum atomic E-state index is 0.109. The van der Waals surface area contributed by atoms with Gasteiger partial charge < -0.3 is 9.80 Å². The van der Waals surface area contributed by atoms with E-state index in [2.05, 4.69) is 36.2 Å². The SMILES string of the molecule is Cc1cccc(C2CCCN(C(=O)c3ccnc(N(C)C)c3)C2)c1. The molecule has 0 aliphatic carbocycles. The second kappa shape index (κ2) is 7.04. The minimum absolute atomic E-state index is 0.109. The first-order valence-electron chi connectivity index (χ1n) is 8.54. The van der Waals surface area contributed by atoms with E-state index in [1.807, 2.05) is 36.0 Å². The van der Waals surface area contributed by atoms with Gasteiger partial charge in [-0.15, -0.1) is 0 Å². The molecule has 2 aromatic rings. The summed E-state index contributed by atoms with van der Waals surface area (Å²) in [7, 11) is 3.87. The number of aryl methyl sites for hydroxylation is 1. The van der Waals surface area contributed by atoms with E-state index >= 15 is 0 Å². The summed E-state index contributed by atoms with van der Waals surface area (Å²) in [5, 5.41) is 0. The maximum absolute atomic E-state index is 12.9. The van der Waals surface area contributed by atoms with Crippen LogP contribution in [0.2, 0.25) is 0 Å². The third kappa shape index (κ3) is 3.58. The Morgan fingerprint density at radius 1 is 1.25 bits per heavy atom. The van der Waals surface area contributed by atoms with Crippen LogP contribution < -0.4 is 4.90 Å². The van der Waals surface area contributed by atoms with E-state index in [9.17, 15) is 4.79 Å². The van der Waals surface area contributed by atoms with Crippen molar-refractivity contribution in [1.82, 2.24) is 9.88 Å². The molecular formula is C20H25N3O. The van der Waals surface area contributed by atoms with Crippen LogP contribution in [0.15, 0.2) is 42.6 Å². The number of carbonyl (C=O) groups is 1. The molecule has 0 saturated carbocycles. The van der Waals surface area contributed by atoms with Gasteiger partial charge >= 0.3 is 0 Å². The Hall–Kier alpha value is -2.36. The third-order valence-electron chi connectivity index (χ3n) is 4.67. The van der Waals surface area contributed by atoms with E-state index < -0.39 is 0 Å². The predicted octanol–water partition coefficient (Wildman–Crippen LogP) is 3.48. The molecule has 0 bridgehead atoms. The number of hydrogen-bond acceptors (Lipinski definition) is 3. The molecule has 1 saturated heterocycles. The molecule has 1 amide bonds.